The number of nitrogens with zero attached hydrogens (tertiary/aromatic N) is 4. The van der Waals surface area contributed by atoms with Crippen molar-refractivity contribution in [3.05, 3.63) is 60.3 Å². The van der Waals surface area contributed by atoms with Crippen molar-refractivity contribution >= 4 is 17.8 Å². The summed E-state index contributed by atoms with van der Waals surface area (Å²) in [6.45, 7) is 2.08. The molecule has 0 saturated heterocycles. The number of methoxy groups -OCH3 is 1. The van der Waals surface area contributed by atoms with Gasteiger partial charge in [-0.15, -0.1) is 5.10 Å². The van der Waals surface area contributed by atoms with Crippen LogP contribution >= 0.6 is 0 Å². The van der Waals surface area contributed by atoms with Crippen LogP contribution in [0.1, 0.15) is 18.5 Å². The van der Waals surface area contributed by atoms with Crippen molar-refractivity contribution < 1.29 is 19.0 Å². The number of benzene rings is 2. The summed E-state index contributed by atoms with van der Waals surface area (Å²) in [4.78, 5) is 21.1. The molecule has 3 heterocycles. The van der Waals surface area contributed by atoms with Crippen molar-refractivity contribution in [3.63, 3.8) is 0 Å². The van der Waals surface area contributed by atoms with Crippen LogP contribution < -0.4 is 24.8 Å². The van der Waals surface area contributed by atoms with Crippen molar-refractivity contribution in [1.82, 2.24) is 24.9 Å². The first kappa shape index (κ1) is 19.6. The van der Waals surface area contributed by atoms with E-state index in [2.05, 4.69) is 25.7 Å². The Kier molecular flexibility index (Phi) is 4.94. The van der Waals surface area contributed by atoms with Gasteiger partial charge in [-0.05, 0) is 48.9 Å². The van der Waals surface area contributed by atoms with Gasteiger partial charge in [0.2, 0.25) is 6.79 Å². The summed E-state index contributed by atoms with van der Waals surface area (Å²) in [5.41, 5.74) is 2.52. The Morgan fingerprint density at radius 3 is 2.91 bits per heavy atom. The smallest absolute Gasteiger partial charge is 0.322 e. The van der Waals surface area contributed by atoms with E-state index in [-0.39, 0.29) is 18.8 Å². The fourth-order valence-electron chi connectivity index (χ4n) is 3.45. The number of carbonyl (C=O) groups excluding carboxylic acids is 1. The van der Waals surface area contributed by atoms with Crippen LogP contribution in [0.3, 0.4) is 0 Å². The minimum Gasteiger partial charge on any atom is -0.497 e. The van der Waals surface area contributed by atoms with Gasteiger partial charge in [0.1, 0.15) is 5.75 Å². The van der Waals surface area contributed by atoms with Crippen molar-refractivity contribution in [3.8, 4) is 28.5 Å². The Morgan fingerprint density at radius 1 is 1.16 bits per heavy atom. The van der Waals surface area contributed by atoms with Crippen LogP contribution in [0.25, 0.3) is 17.0 Å². The number of ether oxygens (including phenoxy) is 3. The zero-order valence-electron chi connectivity index (χ0n) is 17.4. The summed E-state index contributed by atoms with van der Waals surface area (Å²) in [6, 6.07) is 14.3. The average Bonchev–Trinajstić information content (AvgIpc) is 3.44. The number of nitrogens with one attached hydrogen (secondary N) is 2. The Labute approximate surface area is 183 Å². The van der Waals surface area contributed by atoms with Gasteiger partial charge in [-0.25, -0.2) is 9.78 Å². The maximum absolute atomic E-state index is 12.5. The highest BCUT2D eigenvalue weighted by molar-refractivity contribution is 5.87. The zero-order chi connectivity index (χ0) is 22.1. The number of rotatable bonds is 5. The first-order valence-corrected chi connectivity index (χ1v) is 9.94. The van der Waals surface area contributed by atoms with Gasteiger partial charge in [0.05, 0.1) is 18.8 Å². The number of amides is 2. The second kappa shape index (κ2) is 8.06. The Balaban J connectivity index is 1.35. The quantitative estimate of drug-likeness (QED) is 0.497. The highest BCUT2D eigenvalue weighted by atomic mass is 16.7. The van der Waals surface area contributed by atoms with Crippen LogP contribution in [-0.4, -0.2) is 39.5 Å². The fraction of sp³-hybridized carbons (Fsp3) is 0.182. The molecule has 0 bridgehead atoms. The monoisotopic (exact) mass is 432 g/mol. The van der Waals surface area contributed by atoms with Crippen molar-refractivity contribution in [2.75, 3.05) is 19.2 Å². The van der Waals surface area contributed by atoms with Gasteiger partial charge >= 0.3 is 6.03 Å². The molecule has 0 unspecified atom stereocenters. The van der Waals surface area contributed by atoms with E-state index in [0.717, 1.165) is 22.6 Å². The molecule has 1 aliphatic rings. The average molecular weight is 432 g/mol. The van der Waals surface area contributed by atoms with E-state index in [0.29, 0.717) is 17.3 Å². The summed E-state index contributed by atoms with van der Waals surface area (Å²) in [5, 5.41) is 9.95. The van der Waals surface area contributed by atoms with E-state index in [1.807, 2.05) is 55.5 Å². The lowest BCUT2D eigenvalue weighted by Gasteiger charge is -2.14. The normalized spacial score (nSPS) is 13.1. The third kappa shape index (κ3) is 3.73. The van der Waals surface area contributed by atoms with E-state index in [1.165, 1.54) is 0 Å². The Hall–Kier alpha value is -4.34. The van der Waals surface area contributed by atoms with E-state index in [9.17, 15) is 4.79 Å². The van der Waals surface area contributed by atoms with E-state index in [1.54, 1.807) is 17.8 Å². The van der Waals surface area contributed by atoms with Crippen LogP contribution in [0, 0.1) is 0 Å². The molecule has 4 aromatic rings. The van der Waals surface area contributed by atoms with Gasteiger partial charge in [-0.3, -0.25) is 5.32 Å². The third-order valence-electron chi connectivity index (χ3n) is 5.08. The molecule has 2 aromatic heterocycles. The molecule has 10 nitrogen and oxygen atoms in total. The lowest BCUT2D eigenvalue weighted by Crippen LogP contribution is -2.31. The lowest BCUT2D eigenvalue weighted by molar-refractivity contribution is 0.174. The molecule has 5 rings (SSSR count). The van der Waals surface area contributed by atoms with Gasteiger partial charge < -0.3 is 19.5 Å². The van der Waals surface area contributed by atoms with Gasteiger partial charge in [0.15, 0.2) is 11.5 Å². The number of hydrogen-bond donors (Lipinski definition) is 2. The molecule has 32 heavy (non-hydrogen) atoms. The number of anilines is 1. The second-order valence-electron chi connectivity index (χ2n) is 7.14. The van der Waals surface area contributed by atoms with E-state index < -0.39 is 6.03 Å². The summed E-state index contributed by atoms with van der Waals surface area (Å²) in [6.07, 6.45) is 1.64. The molecule has 0 aliphatic carbocycles. The van der Waals surface area contributed by atoms with Crippen LogP contribution in [0.2, 0.25) is 0 Å². The van der Waals surface area contributed by atoms with Crippen LogP contribution in [0.15, 0.2) is 54.7 Å². The van der Waals surface area contributed by atoms with Crippen LogP contribution in [0.5, 0.6) is 17.2 Å². The Morgan fingerprint density at radius 2 is 2.03 bits per heavy atom. The molecule has 1 aliphatic heterocycles. The number of hydrogen-bond acceptors (Lipinski definition) is 7. The highest BCUT2D eigenvalue weighted by Gasteiger charge is 2.17. The van der Waals surface area contributed by atoms with Gasteiger partial charge in [-0.1, -0.05) is 12.1 Å². The number of urea groups is 1. The van der Waals surface area contributed by atoms with Gasteiger partial charge in [0, 0.05) is 11.8 Å². The topological polar surface area (TPSA) is 112 Å². The summed E-state index contributed by atoms with van der Waals surface area (Å²) in [5.74, 6) is 2.58. The zero-order valence-corrected chi connectivity index (χ0v) is 17.4. The predicted octanol–water partition coefficient (Wildman–Crippen LogP) is 3.41. The van der Waals surface area contributed by atoms with E-state index in [4.69, 9.17) is 14.2 Å². The second-order valence-corrected chi connectivity index (χ2v) is 7.14. The predicted molar refractivity (Wildman–Crippen MR) is 116 cm³/mol. The molecular formula is C22H20N6O4. The van der Waals surface area contributed by atoms with Gasteiger partial charge in [-0.2, -0.15) is 9.50 Å². The molecule has 1 atom stereocenters. The molecule has 0 spiro atoms. The number of carbonyl (C=O) groups is 1. The maximum Gasteiger partial charge on any atom is 0.322 e. The largest absolute Gasteiger partial charge is 0.497 e. The molecule has 2 amide bonds. The van der Waals surface area contributed by atoms with Crippen molar-refractivity contribution in [2.24, 2.45) is 0 Å². The molecular weight excluding hydrogens is 412 g/mol. The van der Waals surface area contributed by atoms with Crippen molar-refractivity contribution in [2.45, 2.75) is 13.0 Å². The summed E-state index contributed by atoms with van der Waals surface area (Å²) < 4.78 is 17.6. The van der Waals surface area contributed by atoms with Gasteiger partial charge in [0.25, 0.3) is 11.7 Å². The highest BCUT2D eigenvalue weighted by Crippen LogP contribution is 2.35. The van der Waals surface area contributed by atoms with E-state index >= 15 is 0 Å². The molecule has 10 heteroatoms. The lowest BCUT2D eigenvalue weighted by atomic mass is 10.1. The molecule has 0 fully saturated rings. The molecule has 2 aromatic carbocycles. The molecule has 2 N–H and O–H groups in total. The molecule has 0 saturated carbocycles. The summed E-state index contributed by atoms with van der Waals surface area (Å²) in [7, 11) is 1.60. The van der Waals surface area contributed by atoms with Crippen molar-refractivity contribution in [1.29, 1.82) is 0 Å². The first-order valence-electron chi connectivity index (χ1n) is 9.94. The summed E-state index contributed by atoms with van der Waals surface area (Å²) >= 11 is 0. The number of fused-ring (bicyclic) bond motifs is 2. The minimum absolute atomic E-state index is 0.140. The Bertz CT molecular complexity index is 1300. The van der Waals surface area contributed by atoms with Crippen LogP contribution in [-0.2, 0) is 0 Å². The molecule has 0 radical (unpaired) electrons. The van der Waals surface area contributed by atoms with Crippen LogP contribution in [0.4, 0.5) is 10.7 Å². The third-order valence-corrected chi connectivity index (χ3v) is 5.08. The number of aromatic nitrogens is 4. The standard InChI is InChI=1S/C22H20N6O4/c1-13(14-4-3-5-16(10-14)30-2)24-22(29)26-20-25-21-23-9-8-17(28(21)27-20)15-6-7-18-19(11-15)32-12-31-18/h3-11,13H,12H2,1-2H3,(H2,24,26,27,29)/t13-/m0/s1. The first-order chi connectivity index (χ1) is 15.6. The SMILES string of the molecule is COc1cccc([C@H](C)NC(=O)Nc2nc3nccc(-c4ccc5c(c4)OCO5)n3n2)c1. The fourth-order valence-corrected chi connectivity index (χ4v) is 3.45. The minimum atomic E-state index is -0.430. The molecule has 162 valence electrons. The maximum atomic E-state index is 12.5.